The third-order valence-electron chi connectivity index (χ3n) is 2.27. The van der Waals surface area contributed by atoms with Crippen LogP contribution in [-0.2, 0) is 6.42 Å². The van der Waals surface area contributed by atoms with Crippen LogP contribution in [0.3, 0.4) is 0 Å². The Morgan fingerprint density at radius 2 is 2.12 bits per heavy atom. The zero-order valence-corrected chi connectivity index (χ0v) is 10.7. The lowest BCUT2D eigenvalue weighted by Crippen LogP contribution is -2.33. The first-order valence-electron chi connectivity index (χ1n) is 5.81. The smallest absolute Gasteiger partial charge is 0.318 e. The van der Waals surface area contributed by atoms with E-state index < -0.39 is 0 Å². The molecule has 0 bridgehead atoms. The number of amides is 2. The van der Waals surface area contributed by atoms with Crippen LogP contribution in [0, 0.1) is 6.92 Å². The first-order valence-corrected chi connectivity index (χ1v) is 5.81. The maximum Gasteiger partial charge on any atom is 0.318 e. The zero-order chi connectivity index (χ0) is 12.7. The second kappa shape index (κ2) is 6.74. The summed E-state index contributed by atoms with van der Waals surface area (Å²) in [5, 5.41) is 5.48. The highest BCUT2D eigenvalue weighted by Crippen LogP contribution is 2.03. The Morgan fingerprint density at radius 3 is 2.76 bits per heavy atom. The topological polar surface area (TPSA) is 41.1 Å². The third kappa shape index (κ3) is 5.76. The monoisotopic (exact) mass is 232 g/mol. The van der Waals surface area contributed by atoms with Crippen LogP contribution in [0.1, 0.15) is 25.0 Å². The van der Waals surface area contributed by atoms with Gasteiger partial charge in [0, 0.05) is 12.7 Å². The van der Waals surface area contributed by atoms with Crippen molar-refractivity contribution in [3.8, 4) is 0 Å². The second-order valence-electron chi connectivity index (χ2n) is 4.36. The van der Waals surface area contributed by atoms with Crippen molar-refractivity contribution in [1.29, 1.82) is 0 Å². The quantitative estimate of drug-likeness (QED) is 0.823. The molecule has 0 aliphatic carbocycles. The summed E-state index contributed by atoms with van der Waals surface area (Å²) in [5.74, 6) is 0. The molecule has 0 fully saturated rings. The molecular weight excluding hydrogens is 212 g/mol. The van der Waals surface area contributed by atoms with Crippen LogP contribution in [0.15, 0.2) is 36.0 Å². The summed E-state index contributed by atoms with van der Waals surface area (Å²) in [7, 11) is 0. The van der Waals surface area contributed by atoms with Gasteiger partial charge in [-0.25, -0.2) is 4.79 Å². The third-order valence-corrected chi connectivity index (χ3v) is 2.27. The molecule has 3 heteroatoms. The number of hydrogen-bond acceptors (Lipinski definition) is 1. The molecule has 0 spiro atoms. The van der Waals surface area contributed by atoms with Crippen molar-refractivity contribution in [1.82, 2.24) is 10.6 Å². The molecule has 0 unspecified atom stereocenters. The minimum atomic E-state index is -0.154. The molecular formula is C14H20N2O. The van der Waals surface area contributed by atoms with Crippen molar-refractivity contribution in [3.63, 3.8) is 0 Å². The van der Waals surface area contributed by atoms with Crippen LogP contribution in [0.25, 0.3) is 0 Å². The van der Waals surface area contributed by atoms with E-state index in [1.54, 1.807) is 6.20 Å². The Morgan fingerprint density at radius 1 is 1.35 bits per heavy atom. The fourth-order valence-electron chi connectivity index (χ4n) is 1.45. The summed E-state index contributed by atoms with van der Waals surface area (Å²) >= 11 is 0. The number of urea groups is 1. The van der Waals surface area contributed by atoms with Gasteiger partial charge in [0.25, 0.3) is 0 Å². The van der Waals surface area contributed by atoms with Crippen LogP contribution in [-0.4, -0.2) is 12.6 Å². The summed E-state index contributed by atoms with van der Waals surface area (Å²) in [5.41, 5.74) is 3.56. The SMILES string of the molecule is CC(C)=CNC(=O)NCCc1cccc(C)c1. The summed E-state index contributed by atoms with van der Waals surface area (Å²) < 4.78 is 0. The van der Waals surface area contributed by atoms with Crippen molar-refractivity contribution in [2.24, 2.45) is 0 Å². The minimum Gasteiger partial charge on any atom is -0.338 e. The largest absolute Gasteiger partial charge is 0.338 e. The number of carbonyl (C=O) groups is 1. The predicted octanol–water partition coefficient (Wildman–Crippen LogP) is 2.76. The molecule has 2 N–H and O–H groups in total. The number of aryl methyl sites for hydroxylation is 1. The van der Waals surface area contributed by atoms with Gasteiger partial charge in [-0.05, 0) is 32.8 Å². The zero-order valence-electron chi connectivity index (χ0n) is 10.7. The molecule has 0 aliphatic heterocycles. The average molecular weight is 232 g/mol. The highest BCUT2D eigenvalue weighted by molar-refractivity contribution is 5.74. The highest BCUT2D eigenvalue weighted by Gasteiger charge is 1.97. The van der Waals surface area contributed by atoms with E-state index in [-0.39, 0.29) is 6.03 Å². The molecule has 1 aromatic carbocycles. The standard InChI is InChI=1S/C14H20N2O/c1-11(2)10-16-14(17)15-8-7-13-6-4-5-12(3)9-13/h4-6,9-10H,7-8H2,1-3H3,(H2,15,16,17). The van der Waals surface area contributed by atoms with Gasteiger partial charge in [-0.15, -0.1) is 0 Å². The van der Waals surface area contributed by atoms with Gasteiger partial charge < -0.3 is 10.6 Å². The minimum absolute atomic E-state index is 0.154. The molecule has 3 nitrogen and oxygen atoms in total. The van der Waals surface area contributed by atoms with Crippen LogP contribution in [0.5, 0.6) is 0 Å². The lowest BCUT2D eigenvalue weighted by atomic mass is 10.1. The van der Waals surface area contributed by atoms with Gasteiger partial charge in [0.05, 0.1) is 0 Å². The fraction of sp³-hybridized carbons (Fsp3) is 0.357. The molecule has 1 aromatic rings. The molecule has 92 valence electrons. The Bertz CT molecular complexity index is 406. The Kier molecular flexibility index (Phi) is 5.27. The number of carbonyl (C=O) groups excluding carboxylic acids is 1. The van der Waals surface area contributed by atoms with E-state index in [0.29, 0.717) is 6.54 Å². The number of hydrogen-bond donors (Lipinski definition) is 2. The van der Waals surface area contributed by atoms with Crippen LogP contribution in [0.2, 0.25) is 0 Å². The first-order chi connectivity index (χ1) is 8.08. The van der Waals surface area contributed by atoms with Gasteiger partial charge in [0.2, 0.25) is 0 Å². The molecule has 1 rings (SSSR count). The molecule has 0 aliphatic rings. The van der Waals surface area contributed by atoms with E-state index in [2.05, 4.69) is 35.8 Å². The normalized spacial score (nSPS) is 9.59. The number of benzene rings is 1. The van der Waals surface area contributed by atoms with Crippen LogP contribution in [0.4, 0.5) is 4.79 Å². The maximum absolute atomic E-state index is 11.3. The van der Waals surface area contributed by atoms with Gasteiger partial charge in [0.15, 0.2) is 0 Å². The molecule has 0 atom stereocenters. The Hall–Kier alpha value is -1.77. The van der Waals surface area contributed by atoms with Gasteiger partial charge in [0.1, 0.15) is 0 Å². The van der Waals surface area contributed by atoms with E-state index >= 15 is 0 Å². The maximum atomic E-state index is 11.3. The van der Waals surface area contributed by atoms with Gasteiger partial charge in [-0.1, -0.05) is 35.4 Å². The van der Waals surface area contributed by atoms with E-state index in [1.807, 2.05) is 19.9 Å². The molecule has 2 amide bonds. The second-order valence-corrected chi connectivity index (χ2v) is 4.36. The number of rotatable bonds is 4. The Balaban J connectivity index is 2.28. The molecule has 0 radical (unpaired) electrons. The lowest BCUT2D eigenvalue weighted by Gasteiger charge is -2.05. The van der Waals surface area contributed by atoms with Gasteiger partial charge >= 0.3 is 6.03 Å². The molecule has 0 saturated carbocycles. The summed E-state index contributed by atoms with van der Waals surface area (Å²) in [4.78, 5) is 11.3. The van der Waals surface area contributed by atoms with Gasteiger partial charge in [-0.3, -0.25) is 0 Å². The van der Waals surface area contributed by atoms with E-state index in [4.69, 9.17) is 0 Å². The molecule has 0 heterocycles. The number of nitrogens with one attached hydrogen (secondary N) is 2. The predicted molar refractivity (Wildman–Crippen MR) is 70.8 cm³/mol. The number of allylic oxidation sites excluding steroid dienone is 1. The summed E-state index contributed by atoms with van der Waals surface area (Å²) in [6.45, 7) is 6.59. The van der Waals surface area contributed by atoms with E-state index in [9.17, 15) is 4.79 Å². The van der Waals surface area contributed by atoms with Crippen molar-refractivity contribution in [2.45, 2.75) is 27.2 Å². The summed E-state index contributed by atoms with van der Waals surface area (Å²) in [6, 6.07) is 8.16. The van der Waals surface area contributed by atoms with Crippen molar-refractivity contribution in [3.05, 3.63) is 47.2 Å². The first kappa shape index (κ1) is 13.3. The highest BCUT2D eigenvalue weighted by atomic mass is 16.2. The molecule has 17 heavy (non-hydrogen) atoms. The summed E-state index contributed by atoms with van der Waals surface area (Å²) in [6.07, 6.45) is 2.55. The molecule has 0 saturated heterocycles. The fourth-order valence-corrected chi connectivity index (χ4v) is 1.45. The van der Waals surface area contributed by atoms with Crippen molar-refractivity contribution in [2.75, 3.05) is 6.54 Å². The average Bonchev–Trinajstić information content (AvgIpc) is 2.26. The van der Waals surface area contributed by atoms with Crippen molar-refractivity contribution < 1.29 is 4.79 Å². The van der Waals surface area contributed by atoms with Gasteiger partial charge in [-0.2, -0.15) is 0 Å². The lowest BCUT2D eigenvalue weighted by molar-refractivity contribution is 0.244. The van der Waals surface area contributed by atoms with Crippen LogP contribution >= 0.6 is 0 Å². The van der Waals surface area contributed by atoms with E-state index in [1.165, 1.54) is 11.1 Å². The van der Waals surface area contributed by atoms with Crippen molar-refractivity contribution >= 4 is 6.03 Å². The van der Waals surface area contributed by atoms with Crippen LogP contribution < -0.4 is 10.6 Å². The molecule has 0 aromatic heterocycles. The Labute approximate surface area is 103 Å². The van der Waals surface area contributed by atoms with E-state index in [0.717, 1.165) is 12.0 Å².